The lowest BCUT2D eigenvalue weighted by atomic mass is 10.0. The van der Waals surface area contributed by atoms with Crippen LogP contribution in [-0.4, -0.2) is 68.5 Å². The monoisotopic (exact) mass is 935 g/mol. The van der Waals surface area contributed by atoms with Crippen LogP contribution < -0.4 is 10.2 Å². The molecule has 2 N–H and O–H groups in total. The zero-order valence-electron chi connectivity index (χ0n) is 43.4. The quantitative estimate of drug-likeness (QED) is 0.0272. The van der Waals surface area contributed by atoms with Gasteiger partial charge in [0.15, 0.2) is 0 Å². The zero-order chi connectivity index (χ0) is 47.8. The number of phosphoric ester groups is 1. The topological polar surface area (TPSA) is 108 Å². The molecule has 0 aromatic carbocycles. The van der Waals surface area contributed by atoms with E-state index in [4.69, 9.17) is 9.05 Å². The molecule has 0 saturated heterocycles. The van der Waals surface area contributed by atoms with Crippen molar-refractivity contribution in [2.24, 2.45) is 0 Å². The number of nitrogens with one attached hydrogen (secondary N) is 1. The van der Waals surface area contributed by atoms with Crippen LogP contribution in [0.3, 0.4) is 0 Å². The van der Waals surface area contributed by atoms with E-state index in [2.05, 4.69) is 55.6 Å². The SMILES string of the molecule is CCCCCCCCCC/C=C\CCCCCCCCCCCCCC(=O)NC(COP(=O)([O-])OCC[N+](C)(C)C)C(O)/C=C/CC/C=C/CC/C=C/CCCCCCCCCCCC. The van der Waals surface area contributed by atoms with Crippen molar-refractivity contribution in [2.45, 2.75) is 264 Å². The molecule has 0 aromatic heterocycles. The van der Waals surface area contributed by atoms with Gasteiger partial charge in [0, 0.05) is 6.42 Å². The molecule has 0 aliphatic carbocycles. The Morgan fingerprint density at radius 1 is 0.523 bits per heavy atom. The van der Waals surface area contributed by atoms with Gasteiger partial charge in [0.05, 0.1) is 39.9 Å². The van der Waals surface area contributed by atoms with Gasteiger partial charge in [-0.25, -0.2) is 0 Å². The molecule has 0 saturated carbocycles. The summed E-state index contributed by atoms with van der Waals surface area (Å²) in [4.78, 5) is 25.5. The smallest absolute Gasteiger partial charge is 0.268 e. The van der Waals surface area contributed by atoms with Crippen LogP contribution in [-0.2, 0) is 18.4 Å². The fourth-order valence-corrected chi connectivity index (χ4v) is 8.61. The number of unbranched alkanes of at least 4 members (excludes halogenated alkanes) is 31. The van der Waals surface area contributed by atoms with Gasteiger partial charge in [-0.1, -0.05) is 223 Å². The molecule has 0 radical (unpaired) electrons. The van der Waals surface area contributed by atoms with Crippen LogP contribution in [0.2, 0.25) is 0 Å². The Kier molecular flexibility index (Phi) is 46.4. The minimum Gasteiger partial charge on any atom is -0.756 e. The summed E-state index contributed by atoms with van der Waals surface area (Å²) in [5, 5.41) is 13.8. The standard InChI is InChI=1S/C56H107N2O6P/c1-6-8-10-12-14-16-18-20-22-24-26-28-29-30-32-34-36-38-40-42-44-46-48-50-56(60)57-54(53-64-65(61,62)63-52-51-58(3,4)5)55(59)49-47-45-43-41-39-37-35-33-31-27-25-23-21-19-17-15-13-11-9-7-2/h24,26,31,33,39,41,47,49,54-55,59H,6-23,25,27-30,32,34-38,40,42-46,48,50-53H2,1-5H3,(H-,57,60,61,62)/b26-24-,33-31+,41-39+,49-47+. The fraction of sp³-hybridized carbons (Fsp3) is 0.839. The molecule has 1 amide bonds. The summed E-state index contributed by atoms with van der Waals surface area (Å²) >= 11 is 0. The van der Waals surface area contributed by atoms with E-state index in [0.29, 0.717) is 17.4 Å². The Hall–Kier alpha value is -1.54. The van der Waals surface area contributed by atoms with E-state index in [-0.39, 0.29) is 12.5 Å². The largest absolute Gasteiger partial charge is 0.756 e. The normalized spacial score (nSPS) is 14.4. The number of rotatable bonds is 50. The maximum atomic E-state index is 12.9. The van der Waals surface area contributed by atoms with Gasteiger partial charge >= 0.3 is 0 Å². The van der Waals surface area contributed by atoms with Crippen LogP contribution >= 0.6 is 7.82 Å². The van der Waals surface area contributed by atoms with E-state index in [0.717, 1.165) is 44.9 Å². The third kappa shape index (κ3) is 50.2. The first-order valence-corrected chi connectivity index (χ1v) is 29.0. The van der Waals surface area contributed by atoms with E-state index in [9.17, 15) is 19.4 Å². The molecule has 0 rings (SSSR count). The Morgan fingerprint density at radius 3 is 1.25 bits per heavy atom. The van der Waals surface area contributed by atoms with Crippen molar-refractivity contribution in [3.8, 4) is 0 Å². The van der Waals surface area contributed by atoms with Crippen LogP contribution in [0.25, 0.3) is 0 Å². The number of quaternary nitrogens is 1. The van der Waals surface area contributed by atoms with E-state index >= 15 is 0 Å². The van der Waals surface area contributed by atoms with Gasteiger partial charge < -0.3 is 28.8 Å². The highest BCUT2D eigenvalue weighted by Gasteiger charge is 2.23. The van der Waals surface area contributed by atoms with Crippen LogP contribution in [0.4, 0.5) is 0 Å². The molecule has 8 nitrogen and oxygen atoms in total. The van der Waals surface area contributed by atoms with Gasteiger partial charge in [-0.15, -0.1) is 0 Å². The summed E-state index contributed by atoms with van der Waals surface area (Å²) in [6, 6.07) is -0.910. The number of carbonyl (C=O) groups excluding carboxylic acids is 1. The maximum Gasteiger partial charge on any atom is 0.268 e. The second-order valence-corrected chi connectivity index (χ2v) is 21.3. The van der Waals surface area contributed by atoms with Crippen molar-refractivity contribution in [1.29, 1.82) is 0 Å². The molecule has 382 valence electrons. The van der Waals surface area contributed by atoms with Crippen LogP contribution in [0.15, 0.2) is 48.6 Å². The number of aliphatic hydroxyl groups excluding tert-OH is 1. The summed E-state index contributed by atoms with van der Waals surface area (Å²) in [6.45, 7) is 4.64. The molecule has 0 bridgehead atoms. The first kappa shape index (κ1) is 63.5. The number of phosphoric acid groups is 1. The molecule has 65 heavy (non-hydrogen) atoms. The van der Waals surface area contributed by atoms with E-state index in [1.165, 1.54) is 186 Å². The fourth-order valence-electron chi connectivity index (χ4n) is 7.89. The number of carbonyl (C=O) groups is 1. The minimum absolute atomic E-state index is 0.00942. The van der Waals surface area contributed by atoms with Gasteiger partial charge in [-0.3, -0.25) is 9.36 Å². The number of likely N-dealkylation sites (N-methyl/N-ethyl adjacent to an activating group) is 1. The van der Waals surface area contributed by atoms with E-state index < -0.39 is 26.6 Å². The highest BCUT2D eigenvalue weighted by molar-refractivity contribution is 7.45. The molecule has 3 atom stereocenters. The van der Waals surface area contributed by atoms with Gasteiger partial charge in [-0.2, -0.15) is 0 Å². The second-order valence-electron chi connectivity index (χ2n) is 19.9. The lowest BCUT2D eigenvalue weighted by molar-refractivity contribution is -0.870. The second kappa shape index (κ2) is 47.5. The first-order chi connectivity index (χ1) is 31.5. The third-order valence-corrected chi connectivity index (χ3v) is 13.2. The molecule has 0 aliphatic rings. The zero-order valence-corrected chi connectivity index (χ0v) is 44.3. The highest BCUT2D eigenvalue weighted by atomic mass is 31.2. The van der Waals surface area contributed by atoms with Gasteiger partial charge in [0.1, 0.15) is 13.2 Å². The molecule has 9 heteroatoms. The van der Waals surface area contributed by atoms with Gasteiger partial charge in [-0.05, 0) is 70.6 Å². The number of amides is 1. The summed E-state index contributed by atoms with van der Waals surface area (Å²) < 4.78 is 23.3. The lowest BCUT2D eigenvalue weighted by Gasteiger charge is -2.29. The van der Waals surface area contributed by atoms with Crippen molar-refractivity contribution in [3.05, 3.63) is 48.6 Å². The van der Waals surface area contributed by atoms with Crippen molar-refractivity contribution in [2.75, 3.05) is 40.9 Å². The summed E-state index contributed by atoms with van der Waals surface area (Å²) in [5.41, 5.74) is 0. The van der Waals surface area contributed by atoms with Crippen molar-refractivity contribution in [1.82, 2.24) is 5.32 Å². The molecule has 0 spiro atoms. The van der Waals surface area contributed by atoms with Crippen molar-refractivity contribution < 1.29 is 32.9 Å². The Morgan fingerprint density at radius 2 is 0.862 bits per heavy atom. The molecule has 0 heterocycles. The summed E-state index contributed by atoms with van der Waals surface area (Å²) in [7, 11) is 1.24. The summed E-state index contributed by atoms with van der Waals surface area (Å²) in [6.07, 6.45) is 61.8. The van der Waals surface area contributed by atoms with Gasteiger partial charge in [0.25, 0.3) is 7.82 Å². The predicted octanol–water partition coefficient (Wildman–Crippen LogP) is 15.7. The Bertz CT molecular complexity index is 1200. The third-order valence-electron chi connectivity index (χ3n) is 12.2. The van der Waals surface area contributed by atoms with Crippen LogP contribution in [0.5, 0.6) is 0 Å². The molecular weight excluding hydrogens is 828 g/mol. The Labute approximate surface area is 403 Å². The molecule has 0 fully saturated rings. The number of nitrogens with zero attached hydrogens (tertiary/aromatic N) is 1. The number of aliphatic hydroxyl groups is 1. The van der Waals surface area contributed by atoms with Crippen LogP contribution in [0, 0.1) is 0 Å². The lowest BCUT2D eigenvalue weighted by Crippen LogP contribution is -2.45. The van der Waals surface area contributed by atoms with E-state index in [1.807, 2.05) is 27.2 Å². The predicted molar refractivity (Wildman–Crippen MR) is 279 cm³/mol. The average molecular weight is 935 g/mol. The highest BCUT2D eigenvalue weighted by Crippen LogP contribution is 2.38. The number of hydrogen-bond acceptors (Lipinski definition) is 6. The molecule has 3 unspecified atom stereocenters. The first-order valence-electron chi connectivity index (χ1n) is 27.5. The van der Waals surface area contributed by atoms with E-state index in [1.54, 1.807) is 6.08 Å². The van der Waals surface area contributed by atoms with Crippen molar-refractivity contribution in [3.63, 3.8) is 0 Å². The van der Waals surface area contributed by atoms with Crippen molar-refractivity contribution >= 4 is 13.7 Å². The number of hydrogen-bond donors (Lipinski definition) is 2. The maximum absolute atomic E-state index is 12.9. The Balaban J connectivity index is 4.31. The average Bonchev–Trinajstić information content (AvgIpc) is 3.26. The minimum atomic E-state index is -4.61. The number of allylic oxidation sites excluding steroid dienone is 7. The van der Waals surface area contributed by atoms with Gasteiger partial charge in [0.2, 0.25) is 5.91 Å². The molecular formula is C56H107N2O6P. The molecule has 0 aromatic rings. The summed E-state index contributed by atoms with van der Waals surface area (Å²) in [5.74, 6) is -0.211. The van der Waals surface area contributed by atoms with Crippen LogP contribution in [0.1, 0.15) is 251 Å². The molecule has 0 aliphatic heterocycles.